The van der Waals surface area contributed by atoms with Gasteiger partial charge in [-0.2, -0.15) is 0 Å². The number of aromatic nitrogens is 2. The summed E-state index contributed by atoms with van der Waals surface area (Å²) < 4.78 is 0. The van der Waals surface area contributed by atoms with Crippen molar-refractivity contribution in [1.82, 2.24) is 9.97 Å². The van der Waals surface area contributed by atoms with Crippen LogP contribution in [-0.4, -0.2) is 27.8 Å². The van der Waals surface area contributed by atoms with Gasteiger partial charge in [0.25, 0.3) is 5.91 Å². The van der Waals surface area contributed by atoms with E-state index in [0.29, 0.717) is 5.71 Å². The quantitative estimate of drug-likeness (QED) is 0.884. The molecule has 0 aromatic carbocycles. The van der Waals surface area contributed by atoms with Crippen LogP contribution in [0.25, 0.3) is 18.2 Å². The van der Waals surface area contributed by atoms with Gasteiger partial charge in [-0.15, -0.1) is 0 Å². The van der Waals surface area contributed by atoms with Crippen LogP contribution < -0.4 is 10.7 Å². The highest BCUT2D eigenvalue weighted by molar-refractivity contribution is 6.26. The molecule has 0 unspecified atom stereocenters. The summed E-state index contributed by atoms with van der Waals surface area (Å²) in [6.45, 7) is 0. The Kier molecular flexibility index (Phi) is 3.51. The van der Waals surface area contributed by atoms with Crippen molar-refractivity contribution in [3.05, 3.63) is 76.4 Å². The number of nitrogens with zero attached hydrogens (tertiary/aromatic N) is 2. The molecule has 0 saturated carbocycles. The van der Waals surface area contributed by atoms with Crippen LogP contribution in [0.5, 0.6) is 0 Å². The number of hydrogen-bond acceptors (Lipinski definition) is 2. The van der Waals surface area contributed by atoms with Gasteiger partial charge in [0.15, 0.2) is 0 Å². The fourth-order valence-corrected chi connectivity index (χ4v) is 2.52. The summed E-state index contributed by atoms with van der Waals surface area (Å²) in [5.41, 5.74) is 3.59. The Morgan fingerprint density at radius 2 is 1.62 bits per heavy atom. The second-order valence-electron chi connectivity index (χ2n) is 5.44. The first-order valence-electron chi connectivity index (χ1n) is 7.55. The highest BCUT2D eigenvalue weighted by atomic mass is 16.1. The SMILES string of the molecule is O=C1C=CC(C=c2ccc(=Cc3ccc(C=C4C=CC=N4)[nH]3)[nH]2)=N1. The Balaban J connectivity index is 1.59. The Morgan fingerprint density at radius 1 is 0.833 bits per heavy atom. The van der Waals surface area contributed by atoms with Crippen molar-refractivity contribution in [2.45, 2.75) is 0 Å². The summed E-state index contributed by atoms with van der Waals surface area (Å²) in [5.74, 6) is -0.214. The third-order valence-corrected chi connectivity index (χ3v) is 3.59. The smallest absolute Gasteiger partial charge is 0.270 e. The number of hydrogen-bond donors (Lipinski definition) is 2. The number of H-pyrrole nitrogens is 2. The van der Waals surface area contributed by atoms with Gasteiger partial charge in [0, 0.05) is 34.4 Å². The first-order chi connectivity index (χ1) is 11.7. The molecule has 0 bridgehead atoms. The first kappa shape index (κ1) is 14.1. The van der Waals surface area contributed by atoms with Gasteiger partial charge in [0.05, 0.1) is 11.4 Å². The van der Waals surface area contributed by atoms with E-state index in [1.807, 2.05) is 54.6 Å². The van der Waals surface area contributed by atoms with Gasteiger partial charge in [-0.05, 0) is 60.7 Å². The molecular formula is C19H14N4O. The largest absolute Gasteiger partial charge is 0.355 e. The van der Waals surface area contributed by atoms with Crippen LogP contribution in [0.4, 0.5) is 0 Å². The zero-order valence-corrected chi connectivity index (χ0v) is 12.7. The van der Waals surface area contributed by atoms with Crippen LogP contribution in [0.1, 0.15) is 11.4 Å². The Hall–Kier alpha value is -3.47. The molecule has 116 valence electrons. The van der Waals surface area contributed by atoms with Crippen molar-refractivity contribution in [2.75, 3.05) is 0 Å². The molecule has 24 heavy (non-hydrogen) atoms. The average molecular weight is 314 g/mol. The van der Waals surface area contributed by atoms with Gasteiger partial charge in [0.1, 0.15) is 0 Å². The summed E-state index contributed by atoms with van der Waals surface area (Å²) in [6, 6.07) is 7.96. The summed E-state index contributed by atoms with van der Waals surface area (Å²) >= 11 is 0. The predicted molar refractivity (Wildman–Crippen MR) is 96.1 cm³/mol. The first-order valence-corrected chi connectivity index (χ1v) is 7.55. The zero-order chi connectivity index (χ0) is 16.4. The fourth-order valence-electron chi connectivity index (χ4n) is 2.52. The lowest BCUT2D eigenvalue weighted by atomic mass is 10.3. The molecule has 0 saturated heterocycles. The number of amides is 1. The van der Waals surface area contributed by atoms with E-state index in [4.69, 9.17) is 0 Å². The van der Waals surface area contributed by atoms with Crippen molar-refractivity contribution in [3.8, 4) is 0 Å². The number of carbonyl (C=O) groups excluding carboxylic acids is 1. The minimum atomic E-state index is -0.214. The van der Waals surface area contributed by atoms with Gasteiger partial charge in [-0.25, -0.2) is 4.99 Å². The van der Waals surface area contributed by atoms with Crippen molar-refractivity contribution >= 4 is 36.1 Å². The van der Waals surface area contributed by atoms with Gasteiger partial charge in [-0.3, -0.25) is 9.79 Å². The summed E-state index contributed by atoms with van der Waals surface area (Å²) in [5, 5.41) is 1.87. The van der Waals surface area contributed by atoms with E-state index in [1.165, 1.54) is 6.08 Å². The molecule has 5 nitrogen and oxygen atoms in total. The van der Waals surface area contributed by atoms with Gasteiger partial charge < -0.3 is 9.97 Å². The van der Waals surface area contributed by atoms with E-state index in [1.54, 1.807) is 12.3 Å². The van der Waals surface area contributed by atoms with E-state index in [0.717, 1.165) is 27.8 Å². The molecule has 5 heteroatoms. The summed E-state index contributed by atoms with van der Waals surface area (Å²) in [7, 11) is 0. The minimum absolute atomic E-state index is 0.214. The van der Waals surface area contributed by atoms with Crippen molar-refractivity contribution in [3.63, 3.8) is 0 Å². The van der Waals surface area contributed by atoms with Gasteiger partial charge >= 0.3 is 0 Å². The number of nitrogens with one attached hydrogen (secondary N) is 2. The van der Waals surface area contributed by atoms with Crippen LogP contribution in [0.2, 0.25) is 0 Å². The highest BCUT2D eigenvalue weighted by Gasteiger charge is 2.02. The molecule has 0 radical (unpaired) electrons. The van der Waals surface area contributed by atoms with E-state index in [9.17, 15) is 4.79 Å². The number of rotatable bonds is 3. The third kappa shape index (κ3) is 3.15. The maximum Gasteiger partial charge on any atom is 0.270 e. The van der Waals surface area contributed by atoms with Crippen LogP contribution >= 0.6 is 0 Å². The zero-order valence-electron chi connectivity index (χ0n) is 12.7. The number of aliphatic imine (C=N–C) groups is 2. The molecule has 0 fully saturated rings. The van der Waals surface area contributed by atoms with Crippen molar-refractivity contribution < 1.29 is 4.79 Å². The molecule has 2 aromatic heterocycles. The number of carbonyl (C=O) groups is 1. The molecule has 2 aromatic rings. The van der Waals surface area contributed by atoms with Gasteiger partial charge in [-0.1, -0.05) is 0 Å². The van der Waals surface area contributed by atoms with E-state index in [-0.39, 0.29) is 5.91 Å². The number of aromatic amines is 2. The second kappa shape index (κ2) is 5.96. The Labute approximate surface area is 137 Å². The molecule has 0 spiro atoms. The molecule has 2 aliphatic heterocycles. The molecule has 2 N–H and O–H groups in total. The van der Waals surface area contributed by atoms with Crippen LogP contribution in [-0.2, 0) is 4.79 Å². The minimum Gasteiger partial charge on any atom is -0.355 e. The highest BCUT2D eigenvalue weighted by Crippen LogP contribution is 2.11. The van der Waals surface area contributed by atoms with E-state index < -0.39 is 0 Å². The lowest BCUT2D eigenvalue weighted by Crippen LogP contribution is -2.10. The summed E-state index contributed by atoms with van der Waals surface area (Å²) in [4.78, 5) is 25.8. The van der Waals surface area contributed by atoms with E-state index >= 15 is 0 Å². The van der Waals surface area contributed by atoms with Crippen LogP contribution in [0, 0.1) is 0 Å². The van der Waals surface area contributed by atoms with Crippen molar-refractivity contribution in [1.29, 1.82) is 0 Å². The monoisotopic (exact) mass is 314 g/mol. The van der Waals surface area contributed by atoms with Crippen LogP contribution in [0.15, 0.2) is 64.3 Å². The maximum atomic E-state index is 11.1. The Bertz CT molecular complexity index is 1060. The van der Waals surface area contributed by atoms with Crippen molar-refractivity contribution in [2.24, 2.45) is 9.98 Å². The average Bonchev–Trinajstić information content (AvgIpc) is 3.32. The van der Waals surface area contributed by atoms with E-state index in [2.05, 4.69) is 20.0 Å². The Morgan fingerprint density at radius 3 is 2.33 bits per heavy atom. The number of allylic oxidation sites excluding steroid dienone is 3. The molecule has 4 rings (SSSR count). The van der Waals surface area contributed by atoms with Crippen LogP contribution in [0.3, 0.4) is 0 Å². The standard InChI is InChI=1S/C19H14N4O/c24-19-8-7-18(23-19)12-17-6-5-16(22-17)11-15-4-3-14(21-15)10-13-2-1-9-20-13/h1-12,21-22H. The van der Waals surface area contributed by atoms with Gasteiger partial charge in [0.2, 0.25) is 0 Å². The maximum absolute atomic E-state index is 11.1. The lowest BCUT2D eigenvalue weighted by Gasteiger charge is -1.89. The summed E-state index contributed by atoms with van der Waals surface area (Å²) in [6.07, 6.45) is 14.7. The third-order valence-electron chi connectivity index (χ3n) is 3.59. The molecule has 4 heterocycles. The normalized spacial score (nSPS) is 19.2. The molecule has 0 atom stereocenters. The molecule has 1 amide bonds. The topological polar surface area (TPSA) is 73.4 Å². The fraction of sp³-hybridized carbons (Fsp3) is 0. The lowest BCUT2D eigenvalue weighted by molar-refractivity contribution is -0.113. The molecule has 2 aliphatic rings. The second-order valence-corrected chi connectivity index (χ2v) is 5.44. The molecular weight excluding hydrogens is 300 g/mol. The predicted octanol–water partition coefficient (Wildman–Crippen LogP) is 1.47. The molecule has 0 aliphatic carbocycles.